The first-order chi connectivity index (χ1) is 12.4. The lowest BCUT2D eigenvalue weighted by atomic mass is 10.2. The number of hydrogen-bond acceptors (Lipinski definition) is 5. The largest absolute Gasteiger partial charge is 0.401 e. The van der Waals surface area contributed by atoms with E-state index in [0.29, 0.717) is 31.9 Å². The summed E-state index contributed by atoms with van der Waals surface area (Å²) in [6.45, 7) is 5.23. The minimum Gasteiger partial charge on any atom is -0.401 e. The van der Waals surface area contributed by atoms with Crippen molar-refractivity contribution in [2.75, 3.05) is 0 Å². The van der Waals surface area contributed by atoms with Gasteiger partial charge in [0.25, 0.3) is 0 Å². The summed E-state index contributed by atoms with van der Waals surface area (Å²) >= 11 is 15.4. The molecule has 0 radical (unpaired) electrons. The maximum Gasteiger partial charge on any atom is 0.346 e. The van der Waals surface area contributed by atoms with E-state index in [0.717, 1.165) is 0 Å². The molecule has 26 heavy (non-hydrogen) atoms. The molecule has 0 atom stereocenters. The second-order valence-electron chi connectivity index (χ2n) is 5.11. The van der Waals surface area contributed by atoms with Gasteiger partial charge in [-0.05, 0) is 41.1 Å². The van der Waals surface area contributed by atoms with Gasteiger partial charge in [0.15, 0.2) is 5.82 Å². The molecular weight excluding hydrogens is 443 g/mol. The Bertz CT molecular complexity index is 1090. The Morgan fingerprint density at radius 2 is 2.23 bits per heavy atom. The average Bonchev–Trinajstić information content (AvgIpc) is 2.99. The fraction of sp³-hybridized carbons (Fsp3) is 0.0588. The number of nitrogens with zero attached hydrogens (tertiary/aromatic N) is 4. The Labute approximate surface area is 166 Å². The van der Waals surface area contributed by atoms with E-state index in [1.165, 1.54) is 16.8 Å². The van der Waals surface area contributed by atoms with Crippen LogP contribution < -0.4 is 5.63 Å². The molecule has 0 amide bonds. The smallest absolute Gasteiger partial charge is 0.346 e. The molecule has 9 heteroatoms. The summed E-state index contributed by atoms with van der Waals surface area (Å²) in [7, 11) is 0. The van der Waals surface area contributed by atoms with Crippen LogP contribution in [0.25, 0.3) is 23.5 Å². The predicted molar refractivity (Wildman–Crippen MR) is 105 cm³/mol. The maximum atomic E-state index is 12.4. The van der Waals surface area contributed by atoms with Crippen LogP contribution in [0.15, 0.2) is 55.9 Å². The molecule has 0 saturated carbocycles. The first kappa shape index (κ1) is 18.6. The summed E-state index contributed by atoms with van der Waals surface area (Å²) in [4.78, 5) is 21.0. The van der Waals surface area contributed by atoms with Gasteiger partial charge in [-0.15, -0.1) is 0 Å². The molecule has 3 rings (SSSR count). The highest BCUT2D eigenvalue weighted by atomic mass is 79.9. The summed E-state index contributed by atoms with van der Waals surface area (Å²) in [5, 5.41) is 5.00. The first-order valence-electron chi connectivity index (χ1n) is 7.29. The van der Waals surface area contributed by atoms with Gasteiger partial charge in [0.1, 0.15) is 10.3 Å². The zero-order valence-electron chi connectivity index (χ0n) is 13.4. The maximum absolute atomic E-state index is 12.4. The van der Waals surface area contributed by atoms with E-state index >= 15 is 0 Å². The summed E-state index contributed by atoms with van der Waals surface area (Å²) in [6.07, 6.45) is 4.46. The molecule has 0 aromatic carbocycles. The number of aromatic nitrogens is 4. The number of hydrogen-bond donors (Lipinski definition) is 0. The van der Waals surface area contributed by atoms with E-state index in [2.05, 4.69) is 37.6 Å². The number of rotatable bonds is 4. The SMILES string of the molecule is C=C/C(Cl)=C\c1c(C)nc(-c2cc(Br)nn2-c2ncccc2Cl)oc1=O. The highest BCUT2D eigenvalue weighted by molar-refractivity contribution is 9.10. The van der Waals surface area contributed by atoms with Gasteiger partial charge in [0.05, 0.1) is 16.3 Å². The van der Waals surface area contributed by atoms with E-state index in [1.807, 2.05) is 0 Å². The molecule has 0 bridgehead atoms. The average molecular weight is 454 g/mol. The first-order valence-corrected chi connectivity index (χ1v) is 8.84. The second-order valence-corrected chi connectivity index (χ2v) is 6.77. The Morgan fingerprint density at radius 3 is 2.88 bits per heavy atom. The van der Waals surface area contributed by atoms with Crippen molar-refractivity contribution in [2.45, 2.75) is 6.92 Å². The van der Waals surface area contributed by atoms with Crippen LogP contribution in [0.2, 0.25) is 5.02 Å². The summed E-state index contributed by atoms with van der Waals surface area (Å²) in [6, 6.07) is 5.04. The highest BCUT2D eigenvalue weighted by Crippen LogP contribution is 2.27. The van der Waals surface area contributed by atoms with Gasteiger partial charge in [-0.1, -0.05) is 35.9 Å². The molecule has 3 aromatic rings. The molecular formula is C17H11BrCl2N4O2. The summed E-state index contributed by atoms with van der Waals surface area (Å²) < 4.78 is 7.34. The number of aryl methyl sites for hydroxylation is 1. The van der Waals surface area contributed by atoms with Gasteiger partial charge in [-0.25, -0.2) is 19.4 Å². The fourth-order valence-electron chi connectivity index (χ4n) is 2.19. The van der Waals surface area contributed by atoms with Crippen LogP contribution in [0, 0.1) is 6.92 Å². The van der Waals surface area contributed by atoms with Crippen LogP contribution in [0.4, 0.5) is 0 Å². The van der Waals surface area contributed by atoms with Crippen LogP contribution in [0.3, 0.4) is 0 Å². The van der Waals surface area contributed by atoms with Crippen molar-refractivity contribution >= 4 is 45.2 Å². The van der Waals surface area contributed by atoms with E-state index in [-0.39, 0.29) is 11.5 Å². The molecule has 0 aliphatic heterocycles. The Morgan fingerprint density at radius 1 is 1.46 bits per heavy atom. The Balaban J connectivity index is 2.19. The van der Waals surface area contributed by atoms with Crippen molar-refractivity contribution in [1.82, 2.24) is 19.7 Å². The lowest BCUT2D eigenvalue weighted by Crippen LogP contribution is -2.11. The molecule has 0 saturated heterocycles. The molecule has 3 aromatic heterocycles. The van der Waals surface area contributed by atoms with Crippen LogP contribution in [0.1, 0.15) is 11.3 Å². The van der Waals surface area contributed by atoms with Crippen LogP contribution in [0.5, 0.6) is 0 Å². The number of allylic oxidation sites excluding steroid dienone is 2. The molecule has 0 N–H and O–H groups in total. The van der Waals surface area contributed by atoms with Gasteiger partial charge >= 0.3 is 5.63 Å². The summed E-state index contributed by atoms with van der Waals surface area (Å²) in [5.74, 6) is 0.468. The van der Waals surface area contributed by atoms with Gasteiger partial charge < -0.3 is 4.42 Å². The minimum atomic E-state index is -0.580. The predicted octanol–water partition coefficient (Wildman–Crippen LogP) is 4.77. The van der Waals surface area contributed by atoms with Crippen molar-refractivity contribution in [3.63, 3.8) is 0 Å². The topological polar surface area (TPSA) is 73.8 Å². The molecule has 0 aliphatic carbocycles. The lowest BCUT2D eigenvalue weighted by Gasteiger charge is -2.07. The van der Waals surface area contributed by atoms with Crippen LogP contribution in [-0.4, -0.2) is 19.7 Å². The van der Waals surface area contributed by atoms with Crippen molar-refractivity contribution in [3.8, 4) is 17.4 Å². The minimum absolute atomic E-state index is 0.0827. The number of pyridine rings is 1. The third kappa shape index (κ3) is 3.65. The highest BCUT2D eigenvalue weighted by Gasteiger charge is 2.19. The van der Waals surface area contributed by atoms with Gasteiger partial charge in [-0.3, -0.25) is 0 Å². The molecule has 132 valence electrons. The van der Waals surface area contributed by atoms with E-state index < -0.39 is 5.63 Å². The van der Waals surface area contributed by atoms with Gasteiger partial charge in [0, 0.05) is 17.3 Å². The Kier molecular flexibility index (Phi) is 5.41. The fourth-order valence-corrected chi connectivity index (χ4v) is 2.88. The third-order valence-electron chi connectivity index (χ3n) is 3.38. The van der Waals surface area contributed by atoms with E-state index in [1.54, 1.807) is 31.3 Å². The monoisotopic (exact) mass is 452 g/mol. The second kappa shape index (κ2) is 7.57. The van der Waals surface area contributed by atoms with E-state index in [4.69, 9.17) is 27.6 Å². The standard InChI is InChI=1S/C17H11BrCl2N4O2/c1-3-10(19)7-11-9(2)22-16(26-17(11)25)13-8-14(18)23-24(13)15-12(20)5-4-6-21-15/h3-8H,1H2,2H3/b10-7+. The molecule has 0 spiro atoms. The van der Waals surface area contributed by atoms with Crippen molar-refractivity contribution in [2.24, 2.45) is 0 Å². The van der Waals surface area contributed by atoms with Crippen molar-refractivity contribution in [1.29, 1.82) is 0 Å². The Hall–Kier alpha value is -2.22. The molecule has 6 nitrogen and oxygen atoms in total. The van der Waals surface area contributed by atoms with Gasteiger partial charge in [0.2, 0.25) is 5.89 Å². The zero-order chi connectivity index (χ0) is 18.8. The molecule has 0 aliphatic rings. The number of halogens is 3. The van der Waals surface area contributed by atoms with Crippen LogP contribution in [-0.2, 0) is 0 Å². The molecule has 0 unspecified atom stereocenters. The molecule has 0 fully saturated rings. The van der Waals surface area contributed by atoms with Crippen molar-refractivity contribution < 1.29 is 4.42 Å². The van der Waals surface area contributed by atoms with Gasteiger partial charge in [-0.2, -0.15) is 5.10 Å². The van der Waals surface area contributed by atoms with E-state index in [9.17, 15) is 4.79 Å². The normalized spacial score (nSPS) is 11.6. The quantitative estimate of drug-likeness (QED) is 0.531. The zero-order valence-corrected chi connectivity index (χ0v) is 16.5. The lowest BCUT2D eigenvalue weighted by molar-refractivity contribution is 0.498. The summed E-state index contributed by atoms with van der Waals surface area (Å²) in [5.41, 5.74) is 0.540. The third-order valence-corrected chi connectivity index (χ3v) is 4.33. The van der Waals surface area contributed by atoms with Crippen LogP contribution >= 0.6 is 39.1 Å². The van der Waals surface area contributed by atoms with Crippen molar-refractivity contribution in [3.05, 3.63) is 73.4 Å². The molecule has 3 heterocycles.